The monoisotopic (exact) mass is 540 g/mol. The molecule has 1 atom stereocenters. The fourth-order valence-corrected chi connectivity index (χ4v) is 5.36. The molecule has 0 saturated carbocycles. The van der Waals surface area contributed by atoms with E-state index in [1.54, 1.807) is 6.33 Å². The summed E-state index contributed by atoms with van der Waals surface area (Å²) in [7, 11) is 5.64. The lowest BCUT2D eigenvalue weighted by Gasteiger charge is -2.21. The molecule has 2 aromatic heterocycles. The predicted molar refractivity (Wildman–Crippen MR) is 150 cm³/mol. The van der Waals surface area contributed by atoms with Crippen LogP contribution in [0.5, 0.6) is 5.75 Å². The summed E-state index contributed by atoms with van der Waals surface area (Å²) >= 11 is 7.69. The van der Waals surface area contributed by atoms with E-state index in [2.05, 4.69) is 47.9 Å². The van der Waals surface area contributed by atoms with Crippen molar-refractivity contribution in [1.29, 1.82) is 0 Å². The van der Waals surface area contributed by atoms with Gasteiger partial charge in [-0.3, -0.25) is 4.57 Å². The van der Waals surface area contributed by atoms with Gasteiger partial charge in [-0.25, -0.2) is 9.78 Å². The van der Waals surface area contributed by atoms with Crippen LogP contribution in [0, 0.1) is 0 Å². The molecule has 0 amide bonds. The summed E-state index contributed by atoms with van der Waals surface area (Å²) in [6.07, 6.45) is 1.43. The number of hydrogen-bond acceptors (Lipinski definition) is 7. The van der Waals surface area contributed by atoms with Gasteiger partial charge in [0.15, 0.2) is 4.88 Å². The Labute approximate surface area is 227 Å². The average Bonchev–Trinajstić information content (AvgIpc) is 3.50. The Bertz CT molecular complexity index is 1370. The second kappa shape index (κ2) is 12.1. The van der Waals surface area contributed by atoms with Gasteiger partial charge < -0.3 is 19.3 Å². The number of halogens is 1. The Hall–Kier alpha value is -2.91. The number of fused-ring (bicyclic) bond motifs is 1. The van der Waals surface area contributed by atoms with E-state index in [1.807, 2.05) is 47.9 Å². The Kier molecular flexibility index (Phi) is 8.87. The molecular formula is C28H33ClN4O3S. The van der Waals surface area contributed by atoms with Gasteiger partial charge >= 0.3 is 5.97 Å². The van der Waals surface area contributed by atoms with E-state index >= 15 is 0 Å². The first-order valence-corrected chi connectivity index (χ1v) is 13.5. The van der Waals surface area contributed by atoms with Crippen LogP contribution in [0.15, 0.2) is 54.9 Å². The normalized spacial score (nSPS) is 12.4. The molecule has 9 heteroatoms. The third kappa shape index (κ3) is 6.33. The summed E-state index contributed by atoms with van der Waals surface area (Å²) in [4.78, 5) is 22.2. The lowest BCUT2D eigenvalue weighted by atomic mass is 10.1. The van der Waals surface area contributed by atoms with Gasteiger partial charge in [-0.2, -0.15) is 0 Å². The zero-order valence-electron chi connectivity index (χ0n) is 21.9. The minimum absolute atomic E-state index is 0.354. The summed E-state index contributed by atoms with van der Waals surface area (Å²) in [6.45, 7) is 7.95. The molecule has 0 bridgehead atoms. The lowest BCUT2D eigenvalue weighted by molar-refractivity contribution is 0.0600. The summed E-state index contributed by atoms with van der Waals surface area (Å²) < 4.78 is 13.3. The van der Waals surface area contributed by atoms with Crippen LogP contribution < -0.4 is 4.74 Å². The van der Waals surface area contributed by atoms with E-state index in [9.17, 15) is 4.79 Å². The van der Waals surface area contributed by atoms with Crippen LogP contribution >= 0.6 is 22.9 Å². The summed E-state index contributed by atoms with van der Waals surface area (Å²) in [5, 5.41) is 1.43. The molecule has 0 aliphatic heterocycles. The zero-order chi connectivity index (χ0) is 26.5. The number of benzene rings is 2. The van der Waals surface area contributed by atoms with Gasteiger partial charge in [0.2, 0.25) is 0 Å². The molecule has 2 aromatic carbocycles. The predicted octanol–water partition coefficient (Wildman–Crippen LogP) is 6.05. The highest BCUT2D eigenvalue weighted by Gasteiger charge is 2.23. The minimum Gasteiger partial charge on any atom is -0.484 e. The molecule has 2 heterocycles. The highest BCUT2D eigenvalue weighted by Crippen LogP contribution is 2.37. The van der Waals surface area contributed by atoms with Crippen molar-refractivity contribution in [2.45, 2.75) is 26.5 Å². The van der Waals surface area contributed by atoms with Crippen LogP contribution in [0.1, 0.15) is 40.8 Å². The average molecular weight is 541 g/mol. The number of esters is 1. The molecule has 0 spiro atoms. The number of nitrogens with zero attached hydrogens (tertiary/aromatic N) is 4. The quantitative estimate of drug-likeness (QED) is 0.216. The Morgan fingerprint density at radius 1 is 1.14 bits per heavy atom. The van der Waals surface area contributed by atoms with Crippen molar-refractivity contribution in [1.82, 2.24) is 19.4 Å². The van der Waals surface area contributed by atoms with Crippen LogP contribution in [-0.4, -0.2) is 66.2 Å². The number of hydrogen-bond donors (Lipinski definition) is 0. The molecule has 4 rings (SSSR count). The van der Waals surface area contributed by atoms with Gasteiger partial charge in [-0.15, -0.1) is 11.3 Å². The molecule has 0 N–H and O–H groups in total. The topological polar surface area (TPSA) is 59.8 Å². The summed E-state index contributed by atoms with van der Waals surface area (Å²) in [5.74, 6) is 0.0124. The van der Waals surface area contributed by atoms with Crippen molar-refractivity contribution in [3.63, 3.8) is 0 Å². The van der Waals surface area contributed by atoms with E-state index in [0.29, 0.717) is 15.6 Å². The number of methoxy groups -OCH3 is 1. The van der Waals surface area contributed by atoms with Gasteiger partial charge in [0.25, 0.3) is 0 Å². The maximum Gasteiger partial charge on any atom is 0.351 e. The van der Waals surface area contributed by atoms with Gasteiger partial charge in [0.05, 0.1) is 18.1 Å². The van der Waals surface area contributed by atoms with Gasteiger partial charge in [-0.05, 0) is 51.3 Å². The van der Waals surface area contributed by atoms with E-state index < -0.39 is 5.97 Å². The van der Waals surface area contributed by atoms with E-state index in [1.165, 1.54) is 24.0 Å². The number of imidazole rings is 1. The fourth-order valence-electron chi connectivity index (χ4n) is 4.08. The largest absolute Gasteiger partial charge is 0.484 e. The lowest BCUT2D eigenvalue weighted by Crippen LogP contribution is -2.30. The van der Waals surface area contributed by atoms with Crippen LogP contribution in [0.4, 0.5) is 0 Å². The fraction of sp³-hybridized carbons (Fsp3) is 0.357. The molecule has 0 fully saturated rings. The number of likely N-dealkylation sites (N-methyl/N-ethyl adjacent to an activating group) is 2. The number of thiophene rings is 1. The van der Waals surface area contributed by atoms with Gasteiger partial charge in [0.1, 0.15) is 23.2 Å². The standard InChI is InChI=1S/C28H33ClN4O3S/c1-6-31(3)13-14-32(4)17-20-11-12-23-24(15-20)33(18-30-23)26-16-25(27(37-26)28(34)35-5)36-19(2)21-9-7-8-10-22(21)29/h7-12,15-16,18-19H,6,13-14,17H2,1-5H3/t19-/m1/s1. The summed E-state index contributed by atoms with van der Waals surface area (Å²) in [6, 6.07) is 15.7. The number of aromatic nitrogens is 2. The van der Waals surface area contributed by atoms with E-state index in [-0.39, 0.29) is 6.10 Å². The molecular weight excluding hydrogens is 508 g/mol. The van der Waals surface area contributed by atoms with E-state index in [4.69, 9.17) is 21.1 Å². The van der Waals surface area contributed by atoms with Crippen molar-refractivity contribution in [3.8, 4) is 10.8 Å². The number of carbonyl (C=O) groups is 1. The van der Waals surface area contributed by atoms with E-state index in [0.717, 1.165) is 47.8 Å². The molecule has 37 heavy (non-hydrogen) atoms. The van der Waals surface area contributed by atoms with Crippen LogP contribution in [0.2, 0.25) is 5.02 Å². The molecule has 0 saturated heterocycles. The van der Waals surface area contributed by atoms with Crippen molar-refractivity contribution in [3.05, 3.63) is 75.9 Å². The maximum atomic E-state index is 12.6. The van der Waals surface area contributed by atoms with Crippen LogP contribution in [-0.2, 0) is 11.3 Å². The van der Waals surface area contributed by atoms with Crippen LogP contribution in [0.3, 0.4) is 0 Å². The smallest absolute Gasteiger partial charge is 0.351 e. The van der Waals surface area contributed by atoms with Gasteiger partial charge in [-0.1, -0.05) is 42.8 Å². The first-order chi connectivity index (χ1) is 17.8. The minimum atomic E-state index is -0.443. The third-order valence-electron chi connectivity index (χ3n) is 6.41. The van der Waals surface area contributed by atoms with Crippen molar-refractivity contribution >= 4 is 39.9 Å². The van der Waals surface area contributed by atoms with Crippen molar-refractivity contribution in [2.75, 3.05) is 40.8 Å². The maximum absolute atomic E-state index is 12.6. The number of ether oxygens (including phenoxy) is 2. The zero-order valence-corrected chi connectivity index (χ0v) is 23.5. The number of carbonyl (C=O) groups excluding carboxylic acids is 1. The molecule has 0 aliphatic carbocycles. The highest BCUT2D eigenvalue weighted by molar-refractivity contribution is 7.16. The van der Waals surface area contributed by atoms with Crippen molar-refractivity contribution < 1.29 is 14.3 Å². The third-order valence-corrected chi connectivity index (χ3v) is 7.85. The summed E-state index contributed by atoms with van der Waals surface area (Å²) in [5.41, 5.74) is 3.90. The molecule has 7 nitrogen and oxygen atoms in total. The molecule has 0 radical (unpaired) electrons. The molecule has 196 valence electrons. The Balaban J connectivity index is 1.62. The highest BCUT2D eigenvalue weighted by atomic mass is 35.5. The van der Waals surface area contributed by atoms with Crippen LogP contribution in [0.25, 0.3) is 16.0 Å². The first-order valence-electron chi connectivity index (χ1n) is 12.3. The Morgan fingerprint density at radius 2 is 1.89 bits per heavy atom. The molecule has 4 aromatic rings. The van der Waals surface area contributed by atoms with Gasteiger partial charge in [0, 0.05) is 36.3 Å². The molecule has 0 aliphatic rings. The molecule has 0 unspecified atom stereocenters. The SMILES string of the molecule is CCN(C)CCN(C)Cc1ccc2ncn(-c3cc(O[C@H](C)c4ccccc4Cl)c(C(=O)OC)s3)c2c1. The second-order valence-corrected chi connectivity index (χ2v) is 10.6. The second-order valence-electron chi connectivity index (χ2n) is 9.12. The first kappa shape index (κ1) is 27.1. The Morgan fingerprint density at radius 3 is 2.62 bits per heavy atom. The number of rotatable bonds is 11. The van der Waals surface area contributed by atoms with Crippen molar-refractivity contribution in [2.24, 2.45) is 0 Å².